The maximum Gasteiger partial charge on any atom is 0.416 e. The van der Waals surface area contributed by atoms with Crippen molar-refractivity contribution in [2.75, 3.05) is 0 Å². The summed E-state index contributed by atoms with van der Waals surface area (Å²) in [5.74, 6) is 0. The summed E-state index contributed by atoms with van der Waals surface area (Å²) in [5, 5.41) is 6.55. The topological polar surface area (TPSA) is 56.7 Å². The molecule has 2 N–H and O–H groups in total. The zero-order valence-electron chi connectivity index (χ0n) is 15.5. The molecule has 4 aromatic rings. The quantitative estimate of drug-likeness (QED) is 0.533. The summed E-state index contributed by atoms with van der Waals surface area (Å²) >= 11 is 0. The second-order valence-corrected chi connectivity index (χ2v) is 7.05. The van der Waals surface area contributed by atoms with Crippen LogP contribution < -0.4 is 5.73 Å². The number of halogens is 3. The zero-order valence-corrected chi connectivity index (χ0v) is 15.5. The van der Waals surface area contributed by atoms with Crippen LogP contribution in [0.4, 0.5) is 13.2 Å². The molecule has 0 saturated heterocycles. The Morgan fingerprint density at radius 3 is 2.48 bits per heavy atom. The first-order valence-corrected chi connectivity index (χ1v) is 9.17. The van der Waals surface area contributed by atoms with Gasteiger partial charge in [0.1, 0.15) is 0 Å². The first kappa shape index (κ1) is 19.1. The minimum absolute atomic E-state index is 0.262. The fourth-order valence-corrected chi connectivity index (χ4v) is 3.31. The molecule has 0 aliphatic carbocycles. The lowest BCUT2D eigenvalue weighted by molar-refractivity contribution is -0.137. The number of fused-ring (bicyclic) bond motifs is 1. The number of nitrogens with two attached hydrogens (primary N) is 1. The van der Waals surface area contributed by atoms with Crippen molar-refractivity contribution in [2.24, 2.45) is 5.73 Å². The van der Waals surface area contributed by atoms with Crippen molar-refractivity contribution in [3.63, 3.8) is 0 Å². The maximum absolute atomic E-state index is 12.7. The van der Waals surface area contributed by atoms with Crippen LogP contribution in [0, 0.1) is 0 Å². The van der Waals surface area contributed by atoms with Gasteiger partial charge in [-0.2, -0.15) is 18.3 Å². The van der Waals surface area contributed by atoms with Crippen molar-refractivity contribution in [3.05, 3.63) is 84.4 Å². The van der Waals surface area contributed by atoms with Crippen LogP contribution in [0.25, 0.3) is 21.9 Å². The van der Waals surface area contributed by atoms with Crippen molar-refractivity contribution in [3.8, 4) is 11.1 Å². The first-order chi connectivity index (χ1) is 13.9. The van der Waals surface area contributed by atoms with Crippen LogP contribution in [0.15, 0.2) is 73.3 Å². The van der Waals surface area contributed by atoms with Crippen LogP contribution in [-0.2, 0) is 19.1 Å². The molecule has 0 amide bonds. The standard InChI is InChI=1S/C22H19F3N4/c23-22(24,25)20-5-1-15(2-6-20)9-21(26)14-29-13-19(12-28-29)16-3-4-18-11-27-8-7-17(18)10-16/h1-8,10-13,21H,9,14,26H2/t21-/m0/s1. The largest absolute Gasteiger partial charge is 0.416 e. The van der Waals surface area contributed by atoms with Gasteiger partial charge in [0, 0.05) is 35.6 Å². The molecule has 0 bridgehead atoms. The van der Waals surface area contributed by atoms with Crippen molar-refractivity contribution in [2.45, 2.75) is 25.2 Å². The highest BCUT2D eigenvalue weighted by Gasteiger charge is 2.29. The van der Waals surface area contributed by atoms with E-state index in [0.29, 0.717) is 13.0 Å². The summed E-state index contributed by atoms with van der Waals surface area (Å²) in [6, 6.07) is 12.9. The predicted molar refractivity (Wildman–Crippen MR) is 106 cm³/mol. The van der Waals surface area contributed by atoms with Crippen molar-refractivity contribution >= 4 is 10.8 Å². The average Bonchev–Trinajstić information content (AvgIpc) is 3.15. The minimum atomic E-state index is -4.33. The lowest BCUT2D eigenvalue weighted by atomic mass is 10.0. The first-order valence-electron chi connectivity index (χ1n) is 9.17. The molecule has 29 heavy (non-hydrogen) atoms. The van der Waals surface area contributed by atoms with Crippen LogP contribution in [0.2, 0.25) is 0 Å². The van der Waals surface area contributed by atoms with Gasteiger partial charge in [-0.3, -0.25) is 9.67 Å². The van der Waals surface area contributed by atoms with Crippen molar-refractivity contribution in [1.82, 2.24) is 14.8 Å². The van der Waals surface area contributed by atoms with Gasteiger partial charge in [0.05, 0.1) is 18.3 Å². The molecule has 4 rings (SSSR count). The molecule has 148 valence electrons. The van der Waals surface area contributed by atoms with E-state index in [9.17, 15) is 13.2 Å². The van der Waals surface area contributed by atoms with Gasteiger partial charge in [-0.15, -0.1) is 0 Å². The monoisotopic (exact) mass is 396 g/mol. The van der Waals surface area contributed by atoms with Gasteiger partial charge < -0.3 is 5.73 Å². The molecule has 0 radical (unpaired) electrons. The smallest absolute Gasteiger partial charge is 0.326 e. The summed E-state index contributed by atoms with van der Waals surface area (Å²) in [6.45, 7) is 0.471. The van der Waals surface area contributed by atoms with E-state index in [0.717, 1.165) is 39.6 Å². The second-order valence-electron chi connectivity index (χ2n) is 7.05. The van der Waals surface area contributed by atoms with Gasteiger partial charge in [-0.1, -0.05) is 24.3 Å². The number of nitrogens with zero attached hydrogens (tertiary/aromatic N) is 3. The molecule has 7 heteroatoms. The normalized spacial score (nSPS) is 13.0. The molecule has 0 spiro atoms. The summed E-state index contributed by atoms with van der Waals surface area (Å²) in [6.07, 6.45) is 3.43. The SMILES string of the molecule is N[C@@H](Cc1ccc(C(F)(F)F)cc1)Cn1cc(-c2ccc3cnccc3c2)cn1. The molecular formula is C22H19F3N4. The molecule has 0 fully saturated rings. The third-order valence-electron chi connectivity index (χ3n) is 4.81. The Morgan fingerprint density at radius 2 is 1.72 bits per heavy atom. The number of hydrogen-bond donors (Lipinski definition) is 1. The number of benzene rings is 2. The number of pyridine rings is 1. The molecule has 2 aromatic heterocycles. The van der Waals surface area contributed by atoms with E-state index in [1.165, 1.54) is 12.1 Å². The van der Waals surface area contributed by atoms with E-state index in [4.69, 9.17) is 5.73 Å². The summed E-state index contributed by atoms with van der Waals surface area (Å²) in [5.41, 5.74) is 8.33. The van der Waals surface area contributed by atoms with Crippen LogP contribution >= 0.6 is 0 Å². The molecule has 4 nitrogen and oxygen atoms in total. The molecule has 0 saturated carbocycles. The van der Waals surface area contributed by atoms with Crippen LogP contribution in [0.1, 0.15) is 11.1 Å². The molecule has 2 heterocycles. The highest BCUT2D eigenvalue weighted by atomic mass is 19.4. The van der Waals surface area contributed by atoms with Gasteiger partial charge in [0.15, 0.2) is 0 Å². The van der Waals surface area contributed by atoms with Crippen molar-refractivity contribution in [1.29, 1.82) is 0 Å². The van der Waals surface area contributed by atoms with E-state index in [1.807, 2.05) is 30.6 Å². The Hall–Kier alpha value is -3.19. The van der Waals surface area contributed by atoms with Crippen LogP contribution in [0.3, 0.4) is 0 Å². The highest BCUT2D eigenvalue weighted by molar-refractivity contribution is 5.86. The van der Waals surface area contributed by atoms with Gasteiger partial charge in [0.2, 0.25) is 0 Å². The zero-order chi connectivity index (χ0) is 20.4. The fourth-order valence-electron chi connectivity index (χ4n) is 3.31. The Balaban J connectivity index is 1.43. The summed E-state index contributed by atoms with van der Waals surface area (Å²) in [7, 11) is 0. The molecule has 0 aliphatic heterocycles. The van der Waals surface area contributed by atoms with E-state index in [-0.39, 0.29) is 6.04 Å². The van der Waals surface area contributed by atoms with E-state index in [2.05, 4.69) is 16.1 Å². The number of aromatic nitrogens is 3. The highest BCUT2D eigenvalue weighted by Crippen LogP contribution is 2.29. The molecule has 2 aromatic carbocycles. The van der Waals surface area contributed by atoms with Crippen molar-refractivity contribution < 1.29 is 13.2 Å². The van der Waals surface area contributed by atoms with Gasteiger partial charge in [-0.05, 0) is 47.2 Å². The fraction of sp³-hybridized carbons (Fsp3) is 0.182. The van der Waals surface area contributed by atoms with Gasteiger partial charge >= 0.3 is 6.18 Å². The molecule has 0 aliphatic rings. The van der Waals surface area contributed by atoms with Crippen LogP contribution in [-0.4, -0.2) is 20.8 Å². The predicted octanol–water partition coefficient (Wildman–Crippen LogP) is 4.69. The van der Waals surface area contributed by atoms with E-state index < -0.39 is 11.7 Å². The number of alkyl halides is 3. The van der Waals surface area contributed by atoms with Gasteiger partial charge in [0.25, 0.3) is 0 Å². The number of rotatable bonds is 5. The molecule has 0 unspecified atom stereocenters. The summed E-state index contributed by atoms with van der Waals surface area (Å²) in [4.78, 5) is 4.12. The van der Waals surface area contributed by atoms with Gasteiger partial charge in [-0.25, -0.2) is 0 Å². The third kappa shape index (κ3) is 4.46. The second kappa shape index (κ2) is 7.67. The van der Waals surface area contributed by atoms with E-state index >= 15 is 0 Å². The molecular weight excluding hydrogens is 377 g/mol. The Labute approximate surface area is 165 Å². The average molecular weight is 396 g/mol. The lowest BCUT2D eigenvalue weighted by Gasteiger charge is -2.13. The summed E-state index contributed by atoms with van der Waals surface area (Å²) < 4.78 is 39.7. The lowest BCUT2D eigenvalue weighted by Crippen LogP contribution is -2.28. The van der Waals surface area contributed by atoms with E-state index in [1.54, 1.807) is 17.1 Å². The Bertz CT molecular complexity index is 1120. The third-order valence-corrected chi connectivity index (χ3v) is 4.81. The Morgan fingerprint density at radius 1 is 0.931 bits per heavy atom. The Kier molecular flexibility index (Phi) is 5.07. The molecule has 1 atom stereocenters. The van der Waals surface area contributed by atoms with Crippen LogP contribution in [0.5, 0.6) is 0 Å². The minimum Gasteiger partial charge on any atom is -0.326 e. The number of hydrogen-bond acceptors (Lipinski definition) is 3. The maximum atomic E-state index is 12.7.